The van der Waals surface area contributed by atoms with E-state index >= 15 is 0 Å². The van der Waals surface area contributed by atoms with Crippen molar-refractivity contribution in [3.05, 3.63) is 83.2 Å². The van der Waals surface area contributed by atoms with Gasteiger partial charge in [-0.2, -0.15) is 5.26 Å². The Labute approximate surface area is 223 Å². The van der Waals surface area contributed by atoms with Crippen molar-refractivity contribution in [2.24, 2.45) is 5.92 Å². The van der Waals surface area contributed by atoms with E-state index in [0.717, 1.165) is 55.6 Å². The highest BCUT2D eigenvalue weighted by molar-refractivity contribution is 5.84. The van der Waals surface area contributed by atoms with Crippen LogP contribution < -0.4 is 0 Å². The van der Waals surface area contributed by atoms with Crippen LogP contribution >= 0.6 is 0 Å². The Bertz CT molecular complexity index is 1300. The molecule has 3 aromatic rings. The monoisotopic (exact) mass is 515 g/mol. The average molecular weight is 516 g/mol. The molecular weight excluding hydrogens is 481 g/mol. The Morgan fingerprint density at radius 1 is 1.08 bits per heavy atom. The summed E-state index contributed by atoms with van der Waals surface area (Å²) in [5, 5.41) is 19.1. The molecule has 1 saturated carbocycles. The van der Waals surface area contributed by atoms with Crippen LogP contribution in [0.15, 0.2) is 55.0 Å². The second kappa shape index (κ2) is 11.8. The lowest BCUT2D eigenvalue weighted by molar-refractivity contribution is -0.136. The van der Waals surface area contributed by atoms with Gasteiger partial charge < -0.3 is 14.6 Å². The maximum atomic E-state index is 14.1. The summed E-state index contributed by atoms with van der Waals surface area (Å²) in [6, 6.07) is 13.8. The summed E-state index contributed by atoms with van der Waals surface area (Å²) in [4.78, 5) is 22.4. The van der Waals surface area contributed by atoms with Crippen LogP contribution in [0.1, 0.15) is 60.4 Å². The molecule has 1 saturated heterocycles. The van der Waals surface area contributed by atoms with Gasteiger partial charge in [0.2, 0.25) is 5.91 Å². The number of imidazole rings is 1. The first-order chi connectivity index (χ1) is 18.5. The third kappa shape index (κ3) is 5.89. The van der Waals surface area contributed by atoms with Gasteiger partial charge in [-0.15, -0.1) is 0 Å². The van der Waals surface area contributed by atoms with Crippen molar-refractivity contribution in [2.75, 3.05) is 26.2 Å². The van der Waals surface area contributed by atoms with Crippen molar-refractivity contribution in [3.63, 3.8) is 0 Å². The summed E-state index contributed by atoms with van der Waals surface area (Å²) in [5.41, 5.74) is 2.76. The number of hydrogen-bond acceptors (Lipinski definition) is 5. The molecule has 198 valence electrons. The molecule has 1 aliphatic heterocycles. The van der Waals surface area contributed by atoms with E-state index in [4.69, 9.17) is 5.26 Å². The van der Waals surface area contributed by atoms with Crippen molar-refractivity contribution < 1.29 is 14.3 Å². The van der Waals surface area contributed by atoms with Crippen LogP contribution in [0, 0.1) is 23.1 Å². The number of nitriles is 1. The molecule has 2 fully saturated rings. The van der Waals surface area contributed by atoms with Gasteiger partial charge in [0, 0.05) is 45.5 Å². The molecule has 1 unspecified atom stereocenters. The van der Waals surface area contributed by atoms with Crippen LogP contribution in [-0.2, 0) is 17.9 Å². The minimum absolute atomic E-state index is 0.0433. The highest BCUT2D eigenvalue weighted by atomic mass is 19.1. The first-order valence-electron chi connectivity index (χ1n) is 13.5. The second-order valence-corrected chi connectivity index (χ2v) is 10.5. The van der Waals surface area contributed by atoms with Crippen molar-refractivity contribution in [1.29, 1.82) is 5.26 Å². The molecule has 1 aromatic heterocycles. The molecule has 2 aromatic carbocycles. The van der Waals surface area contributed by atoms with Gasteiger partial charge >= 0.3 is 0 Å². The number of amides is 1. The number of phenols is 1. The van der Waals surface area contributed by atoms with Gasteiger partial charge in [0.05, 0.1) is 23.5 Å². The van der Waals surface area contributed by atoms with E-state index in [1.165, 1.54) is 18.6 Å². The largest absolute Gasteiger partial charge is 0.508 e. The number of halogens is 1. The molecule has 8 heteroatoms. The Balaban J connectivity index is 1.22. The first kappa shape index (κ1) is 25.9. The zero-order valence-electron chi connectivity index (χ0n) is 21.6. The maximum absolute atomic E-state index is 14.1. The number of aromatic nitrogens is 2. The summed E-state index contributed by atoms with van der Waals surface area (Å²) < 4.78 is 16.1. The lowest BCUT2D eigenvalue weighted by Gasteiger charge is -2.39. The highest BCUT2D eigenvalue weighted by Gasteiger charge is 2.35. The van der Waals surface area contributed by atoms with E-state index in [1.54, 1.807) is 24.5 Å². The standard InChI is InChI=1S/C30H34FN5O2/c31-28-15-22(9-10-25(28)17-32)19-36-21-33-18-26(36)20-34-11-13-35(14-12-34)30(38)29(23-5-2-1-3-6-23)24-7-4-8-27(37)16-24/h4,7-10,15-16,18,21,23,29,37H,1-3,5-6,11-14,19-20H2. The van der Waals surface area contributed by atoms with E-state index in [0.29, 0.717) is 32.1 Å². The van der Waals surface area contributed by atoms with Crippen molar-refractivity contribution in [2.45, 2.75) is 51.1 Å². The number of nitrogens with zero attached hydrogens (tertiary/aromatic N) is 5. The predicted molar refractivity (Wildman–Crippen MR) is 142 cm³/mol. The lowest BCUT2D eigenvalue weighted by atomic mass is 9.76. The van der Waals surface area contributed by atoms with Crippen molar-refractivity contribution in [1.82, 2.24) is 19.4 Å². The summed E-state index contributed by atoms with van der Waals surface area (Å²) in [6.45, 7) is 4.02. The molecule has 0 spiro atoms. The molecule has 7 nitrogen and oxygen atoms in total. The van der Waals surface area contributed by atoms with E-state index in [-0.39, 0.29) is 23.1 Å². The number of piperazine rings is 1. The molecular formula is C30H34FN5O2. The Hall–Kier alpha value is -3.70. The number of hydrogen-bond donors (Lipinski definition) is 1. The predicted octanol–water partition coefficient (Wildman–Crippen LogP) is 4.66. The van der Waals surface area contributed by atoms with Gasteiger partial charge in [0.25, 0.3) is 0 Å². The van der Waals surface area contributed by atoms with E-state index in [1.807, 2.05) is 33.9 Å². The minimum atomic E-state index is -0.510. The van der Waals surface area contributed by atoms with Gasteiger partial charge in [-0.05, 0) is 54.2 Å². The van der Waals surface area contributed by atoms with Crippen LogP contribution in [0.25, 0.3) is 0 Å². The van der Waals surface area contributed by atoms with Crippen LogP contribution in [0.2, 0.25) is 0 Å². The smallest absolute Gasteiger partial charge is 0.230 e. The number of carbonyl (C=O) groups excluding carboxylic acids is 1. The van der Waals surface area contributed by atoms with Crippen molar-refractivity contribution in [3.8, 4) is 11.8 Å². The Kier molecular flexibility index (Phi) is 8.04. The summed E-state index contributed by atoms with van der Waals surface area (Å²) in [7, 11) is 0. The zero-order chi connectivity index (χ0) is 26.5. The van der Waals surface area contributed by atoms with Crippen LogP contribution in [0.3, 0.4) is 0 Å². The second-order valence-electron chi connectivity index (χ2n) is 10.5. The third-order valence-corrected chi connectivity index (χ3v) is 7.99. The highest BCUT2D eigenvalue weighted by Crippen LogP contribution is 2.38. The van der Waals surface area contributed by atoms with Crippen LogP contribution in [0.4, 0.5) is 4.39 Å². The molecule has 1 aliphatic carbocycles. The fraction of sp³-hybridized carbons (Fsp3) is 0.433. The summed E-state index contributed by atoms with van der Waals surface area (Å²) in [6.07, 6.45) is 9.23. The van der Waals surface area contributed by atoms with Gasteiger partial charge in [0.15, 0.2) is 0 Å². The van der Waals surface area contributed by atoms with E-state index in [2.05, 4.69) is 9.88 Å². The van der Waals surface area contributed by atoms with Gasteiger partial charge in [0.1, 0.15) is 17.6 Å². The molecule has 0 radical (unpaired) electrons. The van der Waals surface area contributed by atoms with Gasteiger partial charge in [-0.3, -0.25) is 9.69 Å². The fourth-order valence-electron chi connectivity index (χ4n) is 5.92. The number of carbonyl (C=O) groups is 1. The van der Waals surface area contributed by atoms with Crippen molar-refractivity contribution >= 4 is 5.91 Å². The normalized spacial score (nSPS) is 17.7. The maximum Gasteiger partial charge on any atom is 0.230 e. The first-order valence-corrected chi connectivity index (χ1v) is 13.5. The molecule has 38 heavy (non-hydrogen) atoms. The quantitative estimate of drug-likeness (QED) is 0.495. The summed E-state index contributed by atoms with van der Waals surface area (Å²) >= 11 is 0. The van der Waals surface area contributed by atoms with E-state index < -0.39 is 5.82 Å². The van der Waals surface area contributed by atoms with Crippen LogP contribution in [-0.4, -0.2) is 56.5 Å². The molecule has 0 bridgehead atoms. The number of aromatic hydroxyl groups is 1. The van der Waals surface area contributed by atoms with Crippen LogP contribution in [0.5, 0.6) is 5.75 Å². The lowest BCUT2D eigenvalue weighted by Crippen LogP contribution is -2.50. The minimum Gasteiger partial charge on any atom is -0.508 e. The Morgan fingerprint density at radius 3 is 2.58 bits per heavy atom. The number of rotatable bonds is 7. The molecule has 1 atom stereocenters. The van der Waals surface area contributed by atoms with Gasteiger partial charge in [-0.1, -0.05) is 37.5 Å². The van der Waals surface area contributed by atoms with E-state index in [9.17, 15) is 14.3 Å². The Morgan fingerprint density at radius 2 is 1.87 bits per heavy atom. The zero-order valence-corrected chi connectivity index (χ0v) is 21.6. The molecule has 1 amide bonds. The molecule has 2 heterocycles. The number of benzene rings is 2. The molecule has 1 N–H and O–H groups in total. The molecule has 5 rings (SSSR count). The topological polar surface area (TPSA) is 85.4 Å². The average Bonchev–Trinajstić information content (AvgIpc) is 3.36. The fourth-order valence-corrected chi connectivity index (χ4v) is 5.92. The molecule has 2 aliphatic rings. The summed E-state index contributed by atoms with van der Waals surface area (Å²) in [5.74, 6) is -0.0123. The SMILES string of the molecule is N#Cc1ccc(Cn2cncc2CN2CCN(C(=O)C(c3cccc(O)c3)C3CCCCC3)CC2)cc1F. The number of phenolic OH excluding ortho intramolecular Hbond substituents is 1. The third-order valence-electron chi connectivity index (χ3n) is 7.99. The van der Waals surface area contributed by atoms with Gasteiger partial charge in [-0.25, -0.2) is 9.37 Å².